The van der Waals surface area contributed by atoms with Crippen LogP contribution >= 0.6 is 15.9 Å². The SMILES string of the molecule is CC(C)n1nc(Br)cc1CN(C)CCO. The van der Waals surface area contributed by atoms with Crippen LogP contribution in [0.15, 0.2) is 10.7 Å². The maximum absolute atomic E-state index is 8.83. The summed E-state index contributed by atoms with van der Waals surface area (Å²) in [6.07, 6.45) is 0. The zero-order chi connectivity index (χ0) is 11.4. The van der Waals surface area contributed by atoms with E-state index in [1.54, 1.807) is 0 Å². The summed E-state index contributed by atoms with van der Waals surface area (Å²) in [5.41, 5.74) is 1.16. The largest absolute Gasteiger partial charge is 0.395 e. The molecule has 0 aliphatic rings. The van der Waals surface area contributed by atoms with Crippen molar-refractivity contribution in [1.29, 1.82) is 0 Å². The number of aromatic nitrogens is 2. The molecule has 0 saturated carbocycles. The van der Waals surface area contributed by atoms with Gasteiger partial charge in [0.05, 0.1) is 12.3 Å². The van der Waals surface area contributed by atoms with E-state index < -0.39 is 0 Å². The Hall–Kier alpha value is -0.390. The van der Waals surface area contributed by atoms with Gasteiger partial charge in [0.25, 0.3) is 0 Å². The highest BCUT2D eigenvalue weighted by atomic mass is 79.9. The molecule has 1 heterocycles. The van der Waals surface area contributed by atoms with E-state index >= 15 is 0 Å². The first kappa shape index (κ1) is 12.7. The number of hydrogen-bond acceptors (Lipinski definition) is 3. The summed E-state index contributed by atoms with van der Waals surface area (Å²) in [5, 5.41) is 13.2. The fourth-order valence-electron chi connectivity index (χ4n) is 1.49. The standard InChI is InChI=1S/C10H18BrN3O/c1-8(2)14-9(6-10(11)12-14)7-13(3)4-5-15/h6,8,15H,4-5,7H2,1-3H3. The van der Waals surface area contributed by atoms with Crippen LogP contribution in [0.3, 0.4) is 0 Å². The molecule has 0 aliphatic heterocycles. The lowest BCUT2D eigenvalue weighted by Gasteiger charge is -2.17. The Balaban J connectivity index is 2.75. The minimum atomic E-state index is 0.188. The molecule has 1 rings (SSSR count). The predicted octanol–water partition coefficient (Wildman–Crippen LogP) is 1.65. The van der Waals surface area contributed by atoms with Gasteiger partial charge >= 0.3 is 0 Å². The zero-order valence-electron chi connectivity index (χ0n) is 9.44. The van der Waals surface area contributed by atoms with Gasteiger partial charge in [-0.05, 0) is 42.9 Å². The minimum Gasteiger partial charge on any atom is -0.395 e. The van der Waals surface area contributed by atoms with E-state index in [0.717, 1.165) is 16.8 Å². The molecule has 86 valence electrons. The Labute approximate surface area is 99.0 Å². The van der Waals surface area contributed by atoms with Gasteiger partial charge in [-0.1, -0.05) is 0 Å². The second kappa shape index (κ2) is 5.63. The average Bonchev–Trinajstić information content (AvgIpc) is 2.47. The van der Waals surface area contributed by atoms with E-state index in [0.29, 0.717) is 12.6 Å². The lowest BCUT2D eigenvalue weighted by Crippen LogP contribution is -2.23. The van der Waals surface area contributed by atoms with Gasteiger partial charge in [0, 0.05) is 19.1 Å². The van der Waals surface area contributed by atoms with Crippen LogP contribution in [0.4, 0.5) is 0 Å². The van der Waals surface area contributed by atoms with Crippen LogP contribution in [-0.2, 0) is 6.54 Å². The summed E-state index contributed by atoms with van der Waals surface area (Å²) in [4.78, 5) is 2.07. The number of rotatable bonds is 5. The van der Waals surface area contributed by atoms with Crippen LogP contribution < -0.4 is 0 Å². The van der Waals surface area contributed by atoms with Gasteiger partial charge in [-0.25, -0.2) is 0 Å². The van der Waals surface area contributed by atoms with Gasteiger partial charge in [0.15, 0.2) is 0 Å². The molecule has 1 N–H and O–H groups in total. The molecule has 0 saturated heterocycles. The molecule has 1 aromatic rings. The van der Waals surface area contributed by atoms with E-state index in [1.165, 1.54) is 0 Å². The smallest absolute Gasteiger partial charge is 0.128 e. The summed E-state index contributed by atoms with van der Waals surface area (Å²) in [6, 6.07) is 2.38. The van der Waals surface area contributed by atoms with E-state index in [-0.39, 0.29) is 6.61 Å². The third-order valence-electron chi connectivity index (χ3n) is 2.19. The molecule has 0 spiro atoms. The summed E-state index contributed by atoms with van der Waals surface area (Å²) in [7, 11) is 1.99. The third-order valence-corrected chi connectivity index (χ3v) is 2.57. The van der Waals surface area contributed by atoms with Crippen molar-refractivity contribution < 1.29 is 5.11 Å². The molecule has 0 aromatic carbocycles. The number of aliphatic hydroxyl groups excluding tert-OH is 1. The quantitative estimate of drug-likeness (QED) is 0.889. The maximum atomic E-state index is 8.83. The Bertz CT molecular complexity index is 312. The summed E-state index contributed by atoms with van der Waals surface area (Å²) in [6.45, 7) is 5.88. The van der Waals surface area contributed by atoms with Crippen LogP contribution in [0.1, 0.15) is 25.6 Å². The molecule has 0 unspecified atom stereocenters. The molecule has 15 heavy (non-hydrogen) atoms. The normalized spacial score (nSPS) is 11.7. The molecule has 0 aliphatic carbocycles. The molecular formula is C10H18BrN3O. The van der Waals surface area contributed by atoms with Gasteiger partial charge in [-0.15, -0.1) is 0 Å². The first-order valence-electron chi connectivity index (χ1n) is 5.08. The molecule has 0 atom stereocenters. The fraction of sp³-hybridized carbons (Fsp3) is 0.700. The second-order valence-electron chi connectivity index (χ2n) is 3.96. The number of halogens is 1. The van der Waals surface area contributed by atoms with Gasteiger partial charge in [-0.2, -0.15) is 5.10 Å². The van der Waals surface area contributed by atoms with Crippen molar-refractivity contribution in [1.82, 2.24) is 14.7 Å². The van der Waals surface area contributed by atoms with Crippen molar-refractivity contribution in [3.8, 4) is 0 Å². The second-order valence-corrected chi connectivity index (χ2v) is 4.77. The molecule has 4 nitrogen and oxygen atoms in total. The number of aliphatic hydroxyl groups is 1. The topological polar surface area (TPSA) is 41.3 Å². The summed E-state index contributed by atoms with van der Waals surface area (Å²) >= 11 is 3.38. The van der Waals surface area contributed by atoms with Crippen molar-refractivity contribution in [2.24, 2.45) is 0 Å². The predicted molar refractivity (Wildman–Crippen MR) is 63.7 cm³/mol. The van der Waals surface area contributed by atoms with E-state index in [2.05, 4.69) is 39.8 Å². The maximum Gasteiger partial charge on any atom is 0.128 e. The van der Waals surface area contributed by atoms with Gasteiger partial charge in [0.1, 0.15) is 4.60 Å². The monoisotopic (exact) mass is 275 g/mol. The van der Waals surface area contributed by atoms with E-state index in [9.17, 15) is 0 Å². The highest BCUT2D eigenvalue weighted by Crippen LogP contribution is 2.16. The van der Waals surface area contributed by atoms with Crippen molar-refractivity contribution in [2.75, 3.05) is 20.2 Å². The molecule has 0 fully saturated rings. The van der Waals surface area contributed by atoms with Crippen LogP contribution in [-0.4, -0.2) is 40.0 Å². The van der Waals surface area contributed by atoms with Crippen LogP contribution in [0.2, 0.25) is 0 Å². The summed E-state index contributed by atoms with van der Waals surface area (Å²) in [5.74, 6) is 0. The highest BCUT2D eigenvalue weighted by molar-refractivity contribution is 9.10. The molecule has 0 radical (unpaired) electrons. The number of hydrogen-bond donors (Lipinski definition) is 1. The van der Waals surface area contributed by atoms with Crippen molar-refractivity contribution in [3.63, 3.8) is 0 Å². The highest BCUT2D eigenvalue weighted by Gasteiger charge is 2.10. The molecule has 0 amide bonds. The van der Waals surface area contributed by atoms with E-state index in [1.807, 2.05) is 17.8 Å². The fourth-order valence-corrected chi connectivity index (χ4v) is 1.93. The number of nitrogens with zero attached hydrogens (tertiary/aromatic N) is 3. The average molecular weight is 276 g/mol. The first-order valence-corrected chi connectivity index (χ1v) is 5.87. The molecule has 5 heteroatoms. The van der Waals surface area contributed by atoms with E-state index in [4.69, 9.17) is 5.11 Å². The van der Waals surface area contributed by atoms with Gasteiger partial charge in [0.2, 0.25) is 0 Å². The van der Waals surface area contributed by atoms with Crippen molar-refractivity contribution in [3.05, 3.63) is 16.4 Å². The number of likely N-dealkylation sites (N-methyl/N-ethyl adjacent to an activating group) is 1. The molecule has 1 aromatic heterocycles. The van der Waals surface area contributed by atoms with Gasteiger partial charge in [-0.3, -0.25) is 9.58 Å². The van der Waals surface area contributed by atoms with Crippen LogP contribution in [0.5, 0.6) is 0 Å². The molecular weight excluding hydrogens is 258 g/mol. The Morgan fingerprint density at radius 2 is 2.27 bits per heavy atom. The lowest BCUT2D eigenvalue weighted by molar-refractivity contribution is 0.213. The van der Waals surface area contributed by atoms with Crippen LogP contribution in [0, 0.1) is 0 Å². The Morgan fingerprint density at radius 1 is 1.60 bits per heavy atom. The summed E-state index contributed by atoms with van der Waals surface area (Å²) < 4.78 is 2.86. The minimum absolute atomic E-state index is 0.188. The van der Waals surface area contributed by atoms with Gasteiger partial charge < -0.3 is 5.11 Å². The first-order chi connectivity index (χ1) is 7.04. The van der Waals surface area contributed by atoms with Crippen LogP contribution in [0.25, 0.3) is 0 Å². The van der Waals surface area contributed by atoms with Crippen molar-refractivity contribution >= 4 is 15.9 Å². The zero-order valence-corrected chi connectivity index (χ0v) is 11.0. The Morgan fingerprint density at radius 3 is 2.80 bits per heavy atom. The molecule has 0 bridgehead atoms. The third kappa shape index (κ3) is 3.59. The Kier molecular flexibility index (Phi) is 4.76. The van der Waals surface area contributed by atoms with Crippen molar-refractivity contribution in [2.45, 2.75) is 26.4 Å². The lowest BCUT2D eigenvalue weighted by atomic mass is 10.3.